The lowest BCUT2D eigenvalue weighted by atomic mass is 9.84. The molecule has 3 aromatic carbocycles. The molecule has 214 valence electrons. The molecule has 0 bridgehead atoms. The lowest BCUT2D eigenvalue weighted by molar-refractivity contribution is -0.126. The van der Waals surface area contributed by atoms with Crippen molar-refractivity contribution in [2.75, 3.05) is 18.1 Å². The van der Waals surface area contributed by atoms with Gasteiger partial charge in [0, 0.05) is 47.5 Å². The van der Waals surface area contributed by atoms with E-state index in [0.717, 1.165) is 75.8 Å². The Labute approximate surface area is 244 Å². The average Bonchev–Trinajstić information content (AvgIpc) is 3.55. The summed E-state index contributed by atoms with van der Waals surface area (Å²) < 4.78 is 5.44. The van der Waals surface area contributed by atoms with Gasteiger partial charge in [0.05, 0.1) is 17.6 Å². The van der Waals surface area contributed by atoms with Gasteiger partial charge in [0.15, 0.2) is 0 Å². The number of H-pyrrole nitrogens is 1. The van der Waals surface area contributed by atoms with Crippen molar-refractivity contribution in [2.45, 2.75) is 51.6 Å². The third-order valence-corrected chi connectivity index (χ3v) is 9.25. The summed E-state index contributed by atoms with van der Waals surface area (Å²) in [6, 6.07) is 17.7. The van der Waals surface area contributed by atoms with Crippen LogP contribution in [-0.2, 0) is 28.9 Å². The van der Waals surface area contributed by atoms with Crippen LogP contribution in [0.4, 0.5) is 5.69 Å². The first kappa shape index (κ1) is 26.5. The van der Waals surface area contributed by atoms with Crippen molar-refractivity contribution >= 4 is 34.3 Å². The van der Waals surface area contributed by atoms with Gasteiger partial charge in [-0.15, -0.1) is 0 Å². The van der Waals surface area contributed by atoms with Crippen LogP contribution < -0.4 is 16.0 Å². The standard InChI is InChI=1S/C34H34N4O4/c1-19-23(7-4-8-29(19)38-18-21-5-2-3-6-24(21)34(38)41)25-11-12-27(32(35)39)31-30(25)26-10-9-20(17-28(26)37-31)33(40)36-22-13-15-42-16-14-22/h2-8,11-12,20,22,37H,9-10,13-18H2,1H3,(H2,35,39)(H,36,40). The Morgan fingerprint density at radius 1 is 0.976 bits per heavy atom. The molecule has 3 aliphatic rings. The smallest absolute Gasteiger partial charge is 0.258 e. The van der Waals surface area contributed by atoms with Gasteiger partial charge in [0.2, 0.25) is 5.91 Å². The number of fused-ring (bicyclic) bond motifs is 4. The van der Waals surface area contributed by atoms with E-state index in [1.165, 1.54) is 0 Å². The van der Waals surface area contributed by atoms with Crippen molar-refractivity contribution in [1.29, 1.82) is 0 Å². The molecule has 7 rings (SSSR count). The molecule has 2 aliphatic heterocycles. The highest BCUT2D eigenvalue weighted by molar-refractivity contribution is 6.13. The van der Waals surface area contributed by atoms with E-state index in [4.69, 9.17) is 10.5 Å². The molecule has 1 fully saturated rings. The number of aryl methyl sites for hydroxylation is 1. The van der Waals surface area contributed by atoms with Crippen molar-refractivity contribution in [3.63, 3.8) is 0 Å². The number of aromatic amines is 1. The lowest BCUT2D eigenvalue weighted by Gasteiger charge is -2.27. The van der Waals surface area contributed by atoms with Crippen molar-refractivity contribution in [3.05, 3.63) is 88.1 Å². The van der Waals surface area contributed by atoms with Gasteiger partial charge in [-0.3, -0.25) is 14.4 Å². The van der Waals surface area contributed by atoms with Crippen molar-refractivity contribution < 1.29 is 19.1 Å². The highest BCUT2D eigenvalue weighted by atomic mass is 16.5. The van der Waals surface area contributed by atoms with Crippen molar-refractivity contribution in [2.24, 2.45) is 11.7 Å². The number of nitrogens with zero attached hydrogens (tertiary/aromatic N) is 1. The Kier molecular flexibility index (Phi) is 6.58. The van der Waals surface area contributed by atoms with Crippen LogP contribution in [0.15, 0.2) is 54.6 Å². The van der Waals surface area contributed by atoms with E-state index in [1.807, 2.05) is 54.3 Å². The number of nitrogens with two attached hydrogens (primary N) is 1. The highest BCUT2D eigenvalue weighted by Crippen LogP contribution is 2.42. The van der Waals surface area contributed by atoms with Gasteiger partial charge < -0.3 is 25.7 Å². The van der Waals surface area contributed by atoms with Crippen LogP contribution in [0.5, 0.6) is 0 Å². The number of carbonyl (C=O) groups is 3. The number of nitrogens with one attached hydrogen (secondary N) is 2. The molecule has 42 heavy (non-hydrogen) atoms. The Morgan fingerprint density at radius 3 is 2.55 bits per heavy atom. The molecule has 4 N–H and O–H groups in total. The van der Waals surface area contributed by atoms with E-state index in [2.05, 4.69) is 16.4 Å². The number of amides is 3. The minimum atomic E-state index is -0.496. The monoisotopic (exact) mass is 562 g/mol. The SMILES string of the molecule is Cc1c(-c2ccc(C(N)=O)c3[nH]c4c(c23)CCC(C(=O)NC2CCOCC2)C4)cccc1N1Cc2ccccc2C1=O. The molecule has 0 saturated carbocycles. The number of carbonyl (C=O) groups excluding carboxylic acids is 3. The largest absolute Gasteiger partial charge is 0.381 e. The summed E-state index contributed by atoms with van der Waals surface area (Å²) in [4.78, 5) is 44.4. The molecule has 1 aromatic heterocycles. The first-order valence-electron chi connectivity index (χ1n) is 14.7. The number of hydrogen-bond donors (Lipinski definition) is 3. The van der Waals surface area contributed by atoms with Gasteiger partial charge in [-0.2, -0.15) is 0 Å². The van der Waals surface area contributed by atoms with Gasteiger partial charge >= 0.3 is 0 Å². The summed E-state index contributed by atoms with van der Waals surface area (Å²) in [7, 11) is 0. The van der Waals surface area contributed by atoms with Gasteiger partial charge in [0.1, 0.15) is 0 Å². The molecule has 1 aliphatic carbocycles. The minimum absolute atomic E-state index is 0.00386. The molecular weight excluding hydrogens is 528 g/mol. The van der Waals surface area contributed by atoms with Crippen LogP contribution in [0, 0.1) is 12.8 Å². The summed E-state index contributed by atoms with van der Waals surface area (Å²) in [5.41, 5.74) is 14.7. The zero-order valence-electron chi connectivity index (χ0n) is 23.7. The van der Waals surface area contributed by atoms with Crippen molar-refractivity contribution in [3.8, 4) is 11.1 Å². The van der Waals surface area contributed by atoms with Gasteiger partial charge in [-0.25, -0.2) is 0 Å². The molecular formula is C34H34N4O4. The van der Waals surface area contributed by atoms with Gasteiger partial charge in [0.25, 0.3) is 11.8 Å². The number of benzene rings is 3. The lowest BCUT2D eigenvalue weighted by Crippen LogP contribution is -2.43. The molecule has 3 amide bonds. The number of hydrogen-bond acceptors (Lipinski definition) is 4. The predicted molar refractivity (Wildman–Crippen MR) is 161 cm³/mol. The van der Waals surface area contributed by atoms with Crippen LogP contribution in [0.3, 0.4) is 0 Å². The first-order chi connectivity index (χ1) is 20.4. The first-order valence-corrected chi connectivity index (χ1v) is 14.7. The Hall–Kier alpha value is -4.43. The third-order valence-electron chi connectivity index (χ3n) is 9.25. The number of ether oxygens (including phenoxy) is 1. The second-order valence-corrected chi connectivity index (χ2v) is 11.7. The van der Waals surface area contributed by atoms with Crippen molar-refractivity contribution in [1.82, 2.24) is 10.3 Å². The van der Waals surface area contributed by atoms with Gasteiger partial charge in [-0.1, -0.05) is 36.4 Å². The fourth-order valence-electron chi connectivity index (χ4n) is 7.01. The second kappa shape index (κ2) is 10.4. The number of rotatable bonds is 5. The zero-order chi connectivity index (χ0) is 29.0. The Morgan fingerprint density at radius 2 is 1.76 bits per heavy atom. The molecule has 1 saturated heterocycles. The van der Waals surface area contributed by atoms with Crippen LogP contribution in [-0.4, -0.2) is 42.0 Å². The molecule has 1 unspecified atom stereocenters. The van der Waals surface area contributed by atoms with Gasteiger partial charge in [-0.05, 0) is 85.0 Å². The maximum atomic E-state index is 13.3. The van der Waals surface area contributed by atoms with Crippen LogP contribution in [0.2, 0.25) is 0 Å². The van der Waals surface area contributed by atoms with E-state index in [9.17, 15) is 14.4 Å². The minimum Gasteiger partial charge on any atom is -0.381 e. The summed E-state index contributed by atoms with van der Waals surface area (Å²) in [5, 5.41) is 4.20. The Bertz CT molecular complexity index is 1750. The third kappa shape index (κ3) is 4.38. The molecule has 0 radical (unpaired) electrons. The topological polar surface area (TPSA) is 118 Å². The predicted octanol–water partition coefficient (Wildman–Crippen LogP) is 4.80. The number of aromatic nitrogens is 1. The average molecular weight is 563 g/mol. The van der Waals surface area contributed by atoms with E-state index in [0.29, 0.717) is 37.3 Å². The summed E-state index contributed by atoms with van der Waals surface area (Å²) >= 11 is 0. The van der Waals surface area contributed by atoms with E-state index in [-0.39, 0.29) is 23.8 Å². The van der Waals surface area contributed by atoms with E-state index < -0.39 is 5.91 Å². The molecule has 8 nitrogen and oxygen atoms in total. The number of primary amides is 1. The van der Waals surface area contributed by atoms with Crippen LogP contribution in [0.25, 0.3) is 22.0 Å². The van der Waals surface area contributed by atoms with E-state index in [1.54, 1.807) is 6.07 Å². The molecule has 3 heterocycles. The molecule has 0 spiro atoms. The van der Waals surface area contributed by atoms with E-state index >= 15 is 0 Å². The fourth-order valence-corrected chi connectivity index (χ4v) is 7.01. The molecule has 1 atom stereocenters. The number of anilines is 1. The quantitative estimate of drug-likeness (QED) is 0.324. The normalized spacial score (nSPS) is 18.6. The maximum Gasteiger partial charge on any atom is 0.258 e. The maximum absolute atomic E-state index is 13.3. The van der Waals surface area contributed by atoms with Crippen LogP contribution in [0.1, 0.15) is 62.4 Å². The summed E-state index contributed by atoms with van der Waals surface area (Å²) in [6.45, 7) is 3.94. The summed E-state index contributed by atoms with van der Waals surface area (Å²) in [5.74, 6) is -0.544. The Balaban J connectivity index is 1.27. The fraction of sp³-hybridized carbons (Fsp3) is 0.324. The molecule has 4 aromatic rings. The molecule has 8 heteroatoms. The zero-order valence-corrected chi connectivity index (χ0v) is 23.7. The van der Waals surface area contributed by atoms with Crippen LogP contribution >= 0.6 is 0 Å². The second-order valence-electron chi connectivity index (χ2n) is 11.7. The highest BCUT2D eigenvalue weighted by Gasteiger charge is 2.32. The summed E-state index contributed by atoms with van der Waals surface area (Å²) in [6.07, 6.45) is 3.71.